The van der Waals surface area contributed by atoms with Crippen molar-refractivity contribution in [2.45, 2.75) is 60.0 Å². The molecule has 1 amide bonds. The van der Waals surface area contributed by atoms with Crippen molar-refractivity contribution in [2.24, 2.45) is 7.05 Å². The van der Waals surface area contributed by atoms with Crippen LogP contribution >= 0.6 is 11.6 Å². The highest BCUT2D eigenvalue weighted by atomic mass is 35.5. The van der Waals surface area contributed by atoms with E-state index in [1.807, 2.05) is 50.7 Å². The molecule has 2 aromatic carbocycles. The first-order chi connectivity index (χ1) is 20.5. The van der Waals surface area contributed by atoms with Gasteiger partial charge in [0.25, 0.3) is 0 Å². The Kier molecular flexibility index (Phi) is 8.78. The number of allylic oxidation sites excluding steroid dienone is 1. The maximum atomic E-state index is 13.7. The third-order valence-electron chi connectivity index (χ3n) is 8.18. The summed E-state index contributed by atoms with van der Waals surface area (Å²) in [5, 5.41) is 17.7. The van der Waals surface area contributed by atoms with Gasteiger partial charge in [0.05, 0.1) is 18.8 Å². The van der Waals surface area contributed by atoms with E-state index in [0.29, 0.717) is 19.4 Å². The topological polar surface area (TPSA) is 98.4 Å². The number of carbonyl (C=O) groups excluding carboxylic acids is 1. The molecule has 0 aliphatic heterocycles. The van der Waals surface area contributed by atoms with Gasteiger partial charge >= 0.3 is 5.97 Å². The fourth-order valence-corrected chi connectivity index (χ4v) is 6.13. The number of carbonyl (C=O) groups is 2. The molecular formula is C34H37ClN4O4. The maximum absolute atomic E-state index is 13.7. The number of amides is 1. The van der Waals surface area contributed by atoms with Crippen molar-refractivity contribution < 1.29 is 19.4 Å². The van der Waals surface area contributed by atoms with Gasteiger partial charge in [-0.05, 0) is 98.2 Å². The van der Waals surface area contributed by atoms with E-state index < -0.39 is 5.97 Å². The zero-order valence-electron chi connectivity index (χ0n) is 25.3. The van der Waals surface area contributed by atoms with Gasteiger partial charge in [0.2, 0.25) is 5.91 Å². The van der Waals surface area contributed by atoms with Crippen molar-refractivity contribution >= 4 is 29.1 Å². The van der Waals surface area contributed by atoms with Gasteiger partial charge in [-0.3, -0.25) is 14.3 Å². The van der Waals surface area contributed by atoms with E-state index in [9.17, 15) is 14.7 Å². The van der Waals surface area contributed by atoms with Crippen molar-refractivity contribution in [3.05, 3.63) is 98.6 Å². The summed E-state index contributed by atoms with van der Waals surface area (Å²) in [5.41, 5.74) is 10.9. The Labute approximate surface area is 256 Å². The average molecular weight is 601 g/mol. The number of carboxylic acid groups (broad SMARTS) is 1. The van der Waals surface area contributed by atoms with Gasteiger partial charge in [0.1, 0.15) is 12.3 Å². The van der Waals surface area contributed by atoms with E-state index in [2.05, 4.69) is 35.5 Å². The van der Waals surface area contributed by atoms with E-state index in [0.717, 1.165) is 78.8 Å². The molecular weight excluding hydrogens is 564 g/mol. The fourth-order valence-electron chi connectivity index (χ4n) is 6.02. The zero-order valence-corrected chi connectivity index (χ0v) is 26.0. The second-order valence-corrected chi connectivity index (χ2v) is 11.5. The van der Waals surface area contributed by atoms with E-state index in [4.69, 9.17) is 16.3 Å². The zero-order chi connectivity index (χ0) is 30.8. The van der Waals surface area contributed by atoms with E-state index in [1.165, 1.54) is 0 Å². The van der Waals surface area contributed by atoms with Gasteiger partial charge in [-0.15, -0.1) is 0 Å². The van der Waals surface area contributed by atoms with Crippen LogP contribution in [0.2, 0.25) is 5.02 Å². The predicted octanol–water partition coefficient (Wildman–Crippen LogP) is 6.35. The summed E-state index contributed by atoms with van der Waals surface area (Å²) in [6.45, 7) is 8.59. The molecule has 224 valence electrons. The highest BCUT2D eigenvalue weighted by Gasteiger charge is 2.29. The molecule has 8 nitrogen and oxygen atoms in total. The normalized spacial score (nSPS) is 12.5. The van der Waals surface area contributed by atoms with Crippen LogP contribution in [-0.2, 0) is 36.1 Å². The van der Waals surface area contributed by atoms with Crippen LogP contribution in [-0.4, -0.2) is 37.9 Å². The largest absolute Gasteiger partial charge is 0.494 e. The first kappa shape index (κ1) is 30.2. The third-order valence-corrected chi connectivity index (χ3v) is 8.78. The second kappa shape index (κ2) is 12.5. The predicted molar refractivity (Wildman–Crippen MR) is 168 cm³/mol. The van der Waals surface area contributed by atoms with Gasteiger partial charge in [-0.25, -0.2) is 0 Å². The number of aliphatic carboxylic acids is 1. The summed E-state index contributed by atoms with van der Waals surface area (Å²) in [6, 6.07) is 13.8. The molecule has 1 aliphatic rings. The quantitative estimate of drug-likeness (QED) is 0.196. The Balaban J connectivity index is 1.40. The summed E-state index contributed by atoms with van der Waals surface area (Å²) in [4.78, 5) is 25.0. The molecule has 43 heavy (non-hydrogen) atoms. The molecule has 2 heterocycles. The molecule has 0 atom stereocenters. The lowest BCUT2D eigenvalue weighted by atomic mass is 9.93. The fraction of sp³-hybridized carbons (Fsp3) is 0.324. The number of carboxylic acids is 1. The lowest BCUT2D eigenvalue weighted by molar-refractivity contribution is -0.137. The van der Waals surface area contributed by atoms with E-state index in [-0.39, 0.29) is 19.0 Å². The number of aryl methyl sites for hydroxylation is 4. The van der Waals surface area contributed by atoms with E-state index >= 15 is 0 Å². The minimum atomic E-state index is -0.931. The van der Waals surface area contributed by atoms with Crippen LogP contribution < -0.4 is 10.1 Å². The van der Waals surface area contributed by atoms with Crippen molar-refractivity contribution in [1.29, 1.82) is 0 Å². The molecule has 0 saturated heterocycles. The number of rotatable bonds is 11. The highest BCUT2D eigenvalue weighted by Crippen LogP contribution is 2.42. The Bertz CT molecular complexity index is 1720. The number of fused-ring (bicyclic) bond motifs is 1. The summed E-state index contributed by atoms with van der Waals surface area (Å²) in [5.74, 6) is -0.295. The average Bonchev–Trinajstić information content (AvgIpc) is 3.63. The van der Waals surface area contributed by atoms with Crippen LogP contribution in [0.15, 0.2) is 54.2 Å². The molecule has 0 spiro atoms. The van der Waals surface area contributed by atoms with Crippen molar-refractivity contribution in [3.63, 3.8) is 0 Å². The van der Waals surface area contributed by atoms with Crippen LogP contribution in [0.4, 0.5) is 0 Å². The van der Waals surface area contributed by atoms with Crippen LogP contribution in [0.1, 0.15) is 52.2 Å². The number of ether oxygens (including phenoxy) is 1. The van der Waals surface area contributed by atoms with Gasteiger partial charge in [-0.2, -0.15) is 5.10 Å². The molecule has 4 aromatic rings. The van der Waals surface area contributed by atoms with Crippen molar-refractivity contribution in [1.82, 2.24) is 19.7 Å². The van der Waals surface area contributed by atoms with E-state index in [1.54, 1.807) is 16.8 Å². The second-order valence-electron chi connectivity index (χ2n) is 11.2. The Morgan fingerprint density at radius 3 is 2.47 bits per heavy atom. The molecule has 0 fully saturated rings. The van der Waals surface area contributed by atoms with Crippen LogP contribution in [0, 0.1) is 27.7 Å². The molecule has 5 rings (SSSR count). The Morgan fingerprint density at radius 1 is 1.07 bits per heavy atom. The van der Waals surface area contributed by atoms with Crippen molar-refractivity contribution in [3.8, 4) is 16.9 Å². The Hall–Kier alpha value is -4.30. The molecule has 0 unspecified atom stereocenters. The standard InChI is InChI=1S/C34H37ClN4O4/c1-20-15-25(16-21(2)33(20)35)43-14-8-12-27-26-10-6-11-28(32-22(3)37-38(5)23(32)4)29(26)17-30(27)34(42)36-18-24-9-7-13-39(24)19-31(40)41/h6-7,9-11,13,15-16H,8,12,14,17-19H2,1-5H3,(H,36,42)(H,40,41). The SMILES string of the molecule is Cc1cc(OCCCC2=C(C(=O)NCc3cccn3CC(=O)O)Cc3c2cccc3-c2c(C)nn(C)c2C)cc(C)c1Cl. The van der Waals surface area contributed by atoms with Crippen LogP contribution in [0.3, 0.4) is 0 Å². The molecule has 1 aliphatic carbocycles. The highest BCUT2D eigenvalue weighted by molar-refractivity contribution is 6.32. The first-order valence-corrected chi connectivity index (χ1v) is 14.8. The van der Waals surface area contributed by atoms with Gasteiger partial charge in [-0.1, -0.05) is 29.8 Å². The minimum absolute atomic E-state index is 0.148. The molecule has 0 bridgehead atoms. The molecule has 0 saturated carbocycles. The number of halogens is 1. The number of nitrogens with zero attached hydrogens (tertiary/aromatic N) is 3. The number of aromatic nitrogens is 3. The van der Waals surface area contributed by atoms with Gasteiger partial charge < -0.3 is 19.7 Å². The molecule has 2 aromatic heterocycles. The number of nitrogens with one attached hydrogen (secondary N) is 1. The minimum Gasteiger partial charge on any atom is -0.494 e. The molecule has 9 heteroatoms. The van der Waals surface area contributed by atoms with Crippen LogP contribution in [0.5, 0.6) is 5.75 Å². The molecule has 2 N–H and O–H groups in total. The molecule has 0 radical (unpaired) electrons. The summed E-state index contributed by atoms with van der Waals surface area (Å²) in [7, 11) is 1.95. The monoisotopic (exact) mass is 600 g/mol. The van der Waals surface area contributed by atoms with Crippen LogP contribution in [0.25, 0.3) is 16.7 Å². The lowest BCUT2D eigenvalue weighted by Gasteiger charge is -2.13. The maximum Gasteiger partial charge on any atom is 0.323 e. The summed E-state index contributed by atoms with van der Waals surface area (Å²) >= 11 is 6.33. The van der Waals surface area contributed by atoms with Crippen molar-refractivity contribution in [2.75, 3.05) is 6.61 Å². The van der Waals surface area contributed by atoms with Gasteiger partial charge in [0, 0.05) is 47.2 Å². The lowest BCUT2D eigenvalue weighted by Crippen LogP contribution is -2.26. The Morgan fingerprint density at radius 2 is 1.79 bits per heavy atom. The summed E-state index contributed by atoms with van der Waals surface area (Å²) in [6.07, 6.45) is 3.61. The summed E-state index contributed by atoms with van der Waals surface area (Å²) < 4.78 is 9.61. The number of hydrogen-bond donors (Lipinski definition) is 2. The number of hydrogen-bond acceptors (Lipinski definition) is 4. The smallest absolute Gasteiger partial charge is 0.323 e. The van der Waals surface area contributed by atoms with Gasteiger partial charge in [0.15, 0.2) is 0 Å². The third kappa shape index (κ3) is 6.25. The first-order valence-electron chi connectivity index (χ1n) is 14.4. The number of benzene rings is 2.